The van der Waals surface area contributed by atoms with E-state index in [1.807, 2.05) is 37.4 Å². The molecule has 0 fully saturated rings. The third-order valence-corrected chi connectivity index (χ3v) is 4.24. The van der Waals surface area contributed by atoms with Gasteiger partial charge in [0.05, 0.1) is 17.8 Å². The molecule has 3 heterocycles. The lowest BCUT2D eigenvalue weighted by molar-refractivity contribution is 0.276. The van der Waals surface area contributed by atoms with Crippen LogP contribution in [-0.4, -0.2) is 37.3 Å². The number of fused-ring (bicyclic) bond motifs is 1. The molecule has 0 spiro atoms. The monoisotopic (exact) mass is 339 g/mol. The highest BCUT2D eigenvalue weighted by Crippen LogP contribution is 2.24. The molecule has 25 heavy (non-hydrogen) atoms. The molecule has 0 aliphatic rings. The van der Waals surface area contributed by atoms with Gasteiger partial charge in [0.25, 0.3) is 0 Å². The zero-order chi connectivity index (χ0) is 17.6. The minimum atomic E-state index is 0.166. The number of hydrogen-bond acceptors (Lipinski definition) is 5. The number of pyridine rings is 1. The van der Waals surface area contributed by atoms with Gasteiger partial charge in [-0.2, -0.15) is 0 Å². The van der Waals surface area contributed by atoms with E-state index in [9.17, 15) is 5.11 Å². The number of aryl methyl sites for hydroxylation is 1. The number of anilines is 1. The highest BCUT2D eigenvalue weighted by atomic mass is 16.3. The van der Waals surface area contributed by atoms with Gasteiger partial charge in [0.15, 0.2) is 5.82 Å². The third-order valence-electron chi connectivity index (χ3n) is 4.24. The molecule has 1 unspecified atom stereocenters. The highest BCUT2D eigenvalue weighted by Gasteiger charge is 2.15. The Labute approximate surface area is 148 Å². The van der Waals surface area contributed by atoms with Crippen LogP contribution in [0.4, 0.5) is 5.82 Å². The topological polar surface area (TPSA) is 75.9 Å². The van der Waals surface area contributed by atoms with E-state index in [1.165, 1.54) is 0 Å². The van der Waals surface area contributed by atoms with E-state index in [4.69, 9.17) is 0 Å². The van der Waals surface area contributed by atoms with Crippen LogP contribution in [0.1, 0.15) is 37.7 Å². The molecule has 0 aromatic carbocycles. The van der Waals surface area contributed by atoms with Gasteiger partial charge in [0.1, 0.15) is 11.3 Å². The highest BCUT2D eigenvalue weighted by molar-refractivity contribution is 5.86. The Kier molecular flexibility index (Phi) is 5.60. The first-order valence-electron chi connectivity index (χ1n) is 8.82. The Bertz CT molecular complexity index is 809. The second-order valence-corrected chi connectivity index (χ2v) is 6.26. The van der Waals surface area contributed by atoms with Gasteiger partial charge in [-0.1, -0.05) is 19.4 Å². The number of aliphatic hydroxyl groups is 1. The molecule has 0 saturated carbocycles. The van der Waals surface area contributed by atoms with Crippen LogP contribution in [0.2, 0.25) is 0 Å². The van der Waals surface area contributed by atoms with Crippen LogP contribution in [0.5, 0.6) is 0 Å². The molecule has 6 nitrogen and oxygen atoms in total. The zero-order valence-corrected chi connectivity index (χ0v) is 14.8. The number of hydrogen-bond donors (Lipinski definition) is 2. The van der Waals surface area contributed by atoms with E-state index in [2.05, 4.69) is 31.8 Å². The van der Waals surface area contributed by atoms with Gasteiger partial charge >= 0.3 is 0 Å². The SMILES string of the molecule is CCCC(CCO)Nc1nc(C)nc2ccn(Cc3ccccn3)c12. The average Bonchev–Trinajstić information content (AvgIpc) is 2.99. The molecule has 0 amide bonds. The van der Waals surface area contributed by atoms with Crippen molar-refractivity contribution in [2.24, 2.45) is 0 Å². The van der Waals surface area contributed by atoms with Gasteiger partial charge in [0, 0.05) is 25.0 Å². The minimum absolute atomic E-state index is 0.166. The summed E-state index contributed by atoms with van der Waals surface area (Å²) in [6.07, 6.45) is 6.59. The van der Waals surface area contributed by atoms with Crippen molar-refractivity contribution in [1.29, 1.82) is 0 Å². The van der Waals surface area contributed by atoms with Crippen LogP contribution in [0.3, 0.4) is 0 Å². The summed E-state index contributed by atoms with van der Waals surface area (Å²) < 4.78 is 2.13. The Hall–Kier alpha value is -2.47. The van der Waals surface area contributed by atoms with Crippen molar-refractivity contribution < 1.29 is 5.11 Å². The number of nitrogens with one attached hydrogen (secondary N) is 1. The van der Waals surface area contributed by atoms with Gasteiger partial charge < -0.3 is 15.0 Å². The maximum absolute atomic E-state index is 9.33. The van der Waals surface area contributed by atoms with E-state index in [0.29, 0.717) is 13.0 Å². The van der Waals surface area contributed by atoms with Crippen LogP contribution in [-0.2, 0) is 6.54 Å². The quantitative estimate of drug-likeness (QED) is 0.659. The Morgan fingerprint density at radius 1 is 1.20 bits per heavy atom. The van der Waals surface area contributed by atoms with E-state index in [1.54, 1.807) is 6.20 Å². The number of aliphatic hydroxyl groups excluding tert-OH is 1. The average molecular weight is 339 g/mol. The molecule has 0 aliphatic heterocycles. The molecule has 3 rings (SSSR count). The van der Waals surface area contributed by atoms with Crippen molar-refractivity contribution >= 4 is 16.9 Å². The summed E-state index contributed by atoms with van der Waals surface area (Å²) in [6.45, 7) is 4.89. The second-order valence-electron chi connectivity index (χ2n) is 6.26. The summed E-state index contributed by atoms with van der Waals surface area (Å²) in [4.78, 5) is 13.6. The fourth-order valence-electron chi connectivity index (χ4n) is 3.11. The molecule has 6 heteroatoms. The molecular weight excluding hydrogens is 314 g/mol. The lowest BCUT2D eigenvalue weighted by Crippen LogP contribution is -2.22. The lowest BCUT2D eigenvalue weighted by atomic mass is 10.1. The van der Waals surface area contributed by atoms with Gasteiger partial charge in [-0.05, 0) is 38.0 Å². The largest absolute Gasteiger partial charge is 0.396 e. The van der Waals surface area contributed by atoms with Crippen LogP contribution in [0.15, 0.2) is 36.7 Å². The maximum atomic E-state index is 9.33. The predicted octanol–water partition coefficient (Wildman–Crippen LogP) is 3.15. The van der Waals surface area contributed by atoms with Crippen LogP contribution < -0.4 is 5.32 Å². The fourth-order valence-corrected chi connectivity index (χ4v) is 3.11. The van der Waals surface area contributed by atoms with Crippen molar-refractivity contribution in [1.82, 2.24) is 19.5 Å². The second kappa shape index (κ2) is 8.07. The van der Waals surface area contributed by atoms with E-state index >= 15 is 0 Å². The van der Waals surface area contributed by atoms with E-state index < -0.39 is 0 Å². The van der Waals surface area contributed by atoms with Crippen molar-refractivity contribution in [2.75, 3.05) is 11.9 Å². The molecule has 1 atom stereocenters. The summed E-state index contributed by atoms with van der Waals surface area (Å²) >= 11 is 0. The van der Waals surface area contributed by atoms with Crippen molar-refractivity contribution in [3.05, 3.63) is 48.2 Å². The Balaban J connectivity index is 1.97. The standard InChI is InChI=1S/C19H25N5O/c1-3-6-15(9-12-25)23-19-18-17(21-14(2)22-19)8-11-24(18)13-16-7-4-5-10-20-16/h4-5,7-8,10-11,15,25H,3,6,9,12-13H2,1-2H3,(H,21,22,23). The molecule has 0 aliphatic carbocycles. The summed E-state index contributed by atoms with van der Waals surface area (Å²) in [5.41, 5.74) is 2.90. The number of rotatable bonds is 8. The molecule has 0 radical (unpaired) electrons. The first kappa shape index (κ1) is 17.4. The molecule has 3 aromatic heterocycles. The molecule has 0 saturated heterocycles. The molecule has 0 bridgehead atoms. The summed E-state index contributed by atoms with van der Waals surface area (Å²) in [5.74, 6) is 1.57. The van der Waals surface area contributed by atoms with Crippen LogP contribution in [0.25, 0.3) is 11.0 Å². The smallest absolute Gasteiger partial charge is 0.154 e. The van der Waals surface area contributed by atoms with Crippen molar-refractivity contribution in [2.45, 2.75) is 45.7 Å². The molecule has 132 valence electrons. The minimum Gasteiger partial charge on any atom is -0.396 e. The summed E-state index contributed by atoms with van der Waals surface area (Å²) in [6, 6.07) is 8.14. The zero-order valence-electron chi connectivity index (χ0n) is 14.8. The Morgan fingerprint density at radius 3 is 2.80 bits per heavy atom. The van der Waals surface area contributed by atoms with Gasteiger partial charge in [-0.3, -0.25) is 4.98 Å². The molecular formula is C19H25N5O. The summed E-state index contributed by atoms with van der Waals surface area (Å²) in [5, 5.41) is 12.9. The van der Waals surface area contributed by atoms with Crippen LogP contribution >= 0.6 is 0 Å². The van der Waals surface area contributed by atoms with Gasteiger partial charge in [0.2, 0.25) is 0 Å². The number of aromatic nitrogens is 4. The fraction of sp³-hybridized carbons (Fsp3) is 0.421. The predicted molar refractivity (Wildman–Crippen MR) is 99.6 cm³/mol. The van der Waals surface area contributed by atoms with Crippen molar-refractivity contribution in [3.63, 3.8) is 0 Å². The maximum Gasteiger partial charge on any atom is 0.154 e. The lowest BCUT2D eigenvalue weighted by Gasteiger charge is -2.19. The Morgan fingerprint density at radius 2 is 2.08 bits per heavy atom. The first-order valence-corrected chi connectivity index (χ1v) is 8.82. The normalized spacial score (nSPS) is 12.4. The summed E-state index contributed by atoms with van der Waals surface area (Å²) in [7, 11) is 0. The van der Waals surface area contributed by atoms with Crippen LogP contribution in [0, 0.1) is 6.92 Å². The van der Waals surface area contributed by atoms with E-state index in [-0.39, 0.29) is 12.6 Å². The third kappa shape index (κ3) is 4.14. The van der Waals surface area contributed by atoms with Gasteiger partial charge in [-0.25, -0.2) is 9.97 Å². The molecule has 2 N–H and O–H groups in total. The van der Waals surface area contributed by atoms with Crippen molar-refractivity contribution in [3.8, 4) is 0 Å². The molecule has 3 aromatic rings. The van der Waals surface area contributed by atoms with E-state index in [0.717, 1.165) is 41.2 Å². The first-order chi connectivity index (χ1) is 12.2. The van der Waals surface area contributed by atoms with Gasteiger partial charge in [-0.15, -0.1) is 0 Å². The number of nitrogens with zero attached hydrogens (tertiary/aromatic N) is 4.